The van der Waals surface area contributed by atoms with Gasteiger partial charge in [-0.05, 0) is 0 Å². The first-order valence-electron chi connectivity index (χ1n) is 2.29. The van der Waals surface area contributed by atoms with Gasteiger partial charge < -0.3 is 10.2 Å². The van der Waals surface area contributed by atoms with Crippen LogP contribution >= 0.6 is 0 Å². The molecule has 3 heteroatoms. The summed E-state index contributed by atoms with van der Waals surface area (Å²) in [6.45, 7) is 1.68. The summed E-state index contributed by atoms with van der Waals surface area (Å²) >= 11 is 0. The number of aliphatic carboxylic acids is 1. The molecule has 46 valence electrons. The summed E-state index contributed by atoms with van der Waals surface area (Å²) in [5, 5.41) is 16.5. The molecule has 8 heavy (non-hydrogen) atoms. The van der Waals surface area contributed by atoms with Crippen molar-refractivity contribution in [3.8, 4) is 0 Å². The largest absolute Gasteiger partial charge is 0.512 e. The molecule has 0 saturated carbocycles. The molecule has 0 atom stereocenters. The van der Waals surface area contributed by atoms with Gasteiger partial charge in [-0.1, -0.05) is 6.92 Å². The van der Waals surface area contributed by atoms with E-state index in [1.165, 1.54) is 0 Å². The van der Waals surface area contributed by atoms with Gasteiger partial charge in [-0.2, -0.15) is 0 Å². The lowest BCUT2D eigenvalue weighted by molar-refractivity contribution is -0.131. The molecule has 0 radical (unpaired) electrons. The van der Waals surface area contributed by atoms with Crippen molar-refractivity contribution in [1.29, 1.82) is 0 Å². The van der Waals surface area contributed by atoms with Crippen molar-refractivity contribution in [2.75, 3.05) is 0 Å². The number of allylic oxidation sites excluding steroid dienone is 1. The van der Waals surface area contributed by atoms with Gasteiger partial charge >= 0.3 is 5.97 Å². The maximum atomic E-state index is 9.73. The Bertz CT molecular complexity index is 115. The number of hydrogen-bond donors (Lipinski definition) is 2. The number of carbonyl (C=O) groups is 1. The molecular weight excluding hydrogens is 108 g/mol. The van der Waals surface area contributed by atoms with Crippen molar-refractivity contribution in [3.05, 3.63) is 11.8 Å². The molecule has 0 saturated heterocycles. The van der Waals surface area contributed by atoms with E-state index in [9.17, 15) is 4.79 Å². The fourth-order valence-corrected chi connectivity index (χ4v) is 0.245. The molecular formula is C5H8O3. The topological polar surface area (TPSA) is 57.5 Å². The predicted molar refractivity (Wildman–Crippen MR) is 28.6 cm³/mol. The Hall–Kier alpha value is -0.990. The van der Waals surface area contributed by atoms with Crippen molar-refractivity contribution in [1.82, 2.24) is 0 Å². The van der Waals surface area contributed by atoms with Crippen LogP contribution in [-0.4, -0.2) is 16.2 Å². The van der Waals surface area contributed by atoms with Crippen LogP contribution in [0.5, 0.6) is 0 Å². The maximum Gasteiger partial charge on any atom is 0.331 e. The third-order valence-corrected chi connectivity index (χ3v) is 0.652. The van der Waals surface area contributed by atoms with Crippen molar-refractivity contribution in [3.63, 3.8) is 0 Å². The second-order valence-electron chi connectivity index (χ2n) is 1.33. The third-order valence-electron chi connectivity index (χ3n) is 0.652. The van der Waals surface area contributed by atoms with Crippen LogP contribution in [0.1, 0.15) is 13.3 Å². The van der Waals surface area contributed by atoms with E-state index in [0.29, 0.717) is 6.42 Å². The van der Waals surface area contributed by atoms with Gasteiger partial charge in [-0.15, -0.1) is 0 Å². The summed E-state index contributed by atoms with van der Waals surface area (Å²) in [4.78, 5) is 9.73. The van der Waals surface area contributed by atoms with Crippen molar-refractivity contribution in [2.24, 2.45) is 0 Å². The SMILES string of the molecule is CC/C(O)=C/C(=O)O. The molecule has 0 bridgehead atoms. The summed E-state index contributed by atoms with van der Waals surface area (Å²) in [6.07, 6.45) is 1.15. The zero-order valence-corrected chi connectivity index (χ0v) is 4.59. The van der Waals surface area contributed by atoms with Crippen LogP contribution in [0.15, 0.2) is 11.8 Å². The molecule has 0 amide bonds. The van der Waals surface area contributed by atoms with Crippen LogP contribution in [0.4, 0.5) is 0 Å². The van der Waals surface area contributed by atoms with E-state index in [2.05, 4.69) is 0 Å². The zero-order chi connectivity index (χ0) is 6.57. The smallest absolute Gasteiger partial charge is 0.331 e. The molecule has 3 nitrogen and oxygen atoms in total. The predicted octanol–water partition coefficient (Wildman–Crippen LogP) is 0.923. The molecule has 0 spiro atoms. The number of aliphatic hydroxyl groups is 1. The van der Waals surface area contributed by atoms with E-state index in [4.69, 9.17) is 10.2 Å². The van der Waals surface area contributed by atoms with E-state index < -0.39 is 5.97 Å². The maximum absolute atomic E-state index is 9.73. The average Bonchev–Trinajstić information content (AvgIpc) is 1.65. The Labute approximate surface area is 47.3 Å². The minimum atomic E-state index is -1.11. The molecule has 0 aromatic rings. The van der Waals surface area contributed by atoms with Crippen LogP contribution < -0.4 is 0 Å². The van der Waals surface area contributed by atoms with Crippen LogP contribution in [0.25, 0.3) is 0 Å². The molecule has 0 aliphatic heterocycles. The lowest BCUT2D eigenvalue weighted by atomic mass is 10.4. The van der Waals surface area contributed by atoms with Gasteiger partial charge in [0.1, 0.15) is 0 Å². The fraction of sp³-hybridized carbons (Fsp3) is 0.400. The fourth-order valence-electron chi connectivity index (χ4n) is 0.245. The molecule has 0 fully saturated rings. The van der Waals surface area contributed by atoms with Gasteiger partial charge in [-0.25, -0.2) is 4.79 Å². The Morgan fingerprint density at radius 3 is 2.25 bits per heavy atom. The van der Waals surface area contributed by atoms with Crippen LogP contribution in [0.3, 0.4) is 0 Å². The van der Waals surface area contributed by atoms with Gasteiger partial charge in [-0.3, -0.25) is 0 Å². The summed E-state index contributed by atoms with van der Waals surface area (Å²) in [5.41, 5.74) is 0. The molecule has 2 N–H and O–H groups in total. The molecule has 0 aliphatic carbocycles. The summed E-state index contributed by atoms with van der Waals surface area (Å²) < 4.78 is 0. The Balaban J connectivity index is 3.75. The second-order valence-corrected chi connectivity index (χ2v) is 1.33. The summed E-state index contributed by atoms with van der Waals surface area (Å²) in [6, 6.07) is 0. The molecule has 0 unspecified atom stereocenters. The highest BCUT2D eigenvalue weighted by Crippen LogP contribution is 1.91. The normalized spacial score (nSPS) is 11.4. The quantitative estimate of drug-likeness (QED) is 0.416. The highest BCUT2D eigenvalue weighted by atomic mass is 16.4. The Kier molecular flexibility index (Phi) is 2.69. The molecule has 0 aromatic carbocycles. The van der Waals surface area contributed by atoms with Crippen LogP contribution in [-0.2, 0) is 4.79 Å². The lowest BCUT2D eigenvalue weighted by Crippen LogP contribution is -1.89. The molecule has 0 aliphatic rings. The van der Waals surface area contributed by atoms with E-state index in [1.807, 2.05) is 0 Å². The molecule has 0 aromatic heterocycles. The van der Waals surface area contributed by atoms with Gasteiger partial charge in [0.15, 0.2) is 0 Å². The minimum Gasteiger partial charge on any atom is -0.512 e. The van der Waals surface area contributed by atoms with E-state index in [1.54, 1.807) is 6.92 Å². The zero-order valence-electron chi connectivity index (χ0n) is 4.59. The first kappa shape index (κ1) is 7.01. The van der Waals surface area contributed by atoms with Crippen molar-refractivity contribution < 1.29 is 15.0 Å². The van der Waals surface area contributed by atoms with E-state index >= 15 is 0 Å². The number of hydrogen-bond acceptors (Lipinski definition) is 2. The second kappa shape index (κ2) is 3.07. The van der Waals surface area contributed by atoms with Crippen molar-refractivity contribution >= 4 is 5.97 Å². The minimum absolute atomic E-state index is 0.0995. The lowest BCUT2D eigenvalue weighted by Gasteiger charge is -1.87. The third kappa shape index (κ3) is 3.21. The average molecular weight is 116 g/mol. The summed E-state index contributed by atoms with van der Waals surface area (Å²) in [7, 11) is 0. The highest BCUT2D eigenvalue weighted by molar-refractivity contribution is 5.80. The number of carboxylic acids is 1. The van der Waals surface area contributed by atoms with Gasteiger partial charge in [0.25, 0.3) is 0 Å². The van der Waals surface area contributed by atoms with Gasteiger partial charge in [0.2, 0.25) is 0 Å². The Morgan fingerprint density at radius 2 is 2.12 bits per heavy atom. The highest BCUT2D eigenvalue weighted by Gasteiger charge is 1.90. The van der Waals surface area contributed by atoms with E-state index in [-0.39, 0.29) is 5.76 Å². The number of aliphatic hydroxyl groups excluding tert-OH is 1. The summed E-state index contributed by atoms with van der Waals surface area (Å²) in [5.74, 6) is -1.21. The standard InChI is InChI=1S/C5H8O3/c1-2-4(6)3-5(7)8/h3,6H,2H2,1H3,(H,7,8)/b4-3-. The molecule has 0 heterocycles. The van der Waals surface area contributed by atoms with Gasteiger partial charge in [0.05, 0.1) is 11.8 Å². The monoisotopic (exact) mass is 116 g/mol. The molecule has 0 rings (SSSR count). The van der Waals surface area contributed by atoms with Crippen LogP contribution in [0.2, 0.25) is 0 Å². The first-order chi connectivity index (χ1) is 3.66. The number of carboxylic acid groups (broad SMARTS) is 1. The van der Waals surface area contributed by atoms with Crippen molar-refractivity contribution in [2.45, 2.75) is 13.3 Å². The van der Waals surface area contributed by atoms with Gasteiger partial charge in [0, 0.05) is 6.42 Å². The first-order valence-corrected chi connectivity index (χ1v) is 2.29. The van der Waals surface area contributed by atoms with Crippen LogP contribution in [0, 0.1) is 0 Å². The number of rotatable bonds is 2. The van der Waals surface area contributed by atoms with E-state index in [0.717, 1.165) is 6.08 Å². The Morgan fingerprint density at radius 1 is 1.62 bits per heavy atom.